The van der Waals surface area contributed by atoms with E-state index in [0.717, 1.165) is 35.0 Å². The van der Waals surface area contributed by atoms with Crippen molar-refractivity contribution >= 4 is 22.9 Å². The fourth-order valence-electron chi connectivity index (χ4n) is 3.23. The van der Waals surface area contributed by atoms with Gasteiger partial charge in [-0.25, -0.2) is 0 Å². The number of carbonyl (C=O) groups is 1. The van der Waals surface area contributed by atoms with Crippen LogP contribution in [0.25, 0.3) is 17.0 Å². The average molecular weight is 437 g/mol. The number of amides is 1. The summed E-state index contributed by atoms with van der Waals surface area (Å²) in [5.41, 5.74) is 2.57. The molecule has 2 heterocycles. The Morgan fingerprint density at radius 1 is 1.41 bits per heavy atom. The first-order valence-electron chi connectivity index (χ1n) is 10.3. The molecule has 3 aromatic rings. The molecular weight excluding hydrogens is 412 g/mol. The summed E-state index contributed by atoms with van der Waals surface area (Å²) in [4.78, 5) is 15.4. The number of aromatic nitrogens is 3. The highest BCUT2D eigenvalue weighted by atomic mass is 19.3. The second-order valence-electron chi connectivity index (χ2n) is 8.02. The standard InChI is InChI=1S/C15H17F2N3O.C9H8N2/c1-4-11-5-6-13-12(7-11)8-18-20(13)9-10(2)19-14(21)15(3,16)17;10-7-9(4-5-9)8-3-1-2-6-11-8/h4-8,10H,1,9H2,2-3H3,(H,19,21);1-3,6H,4-5H2. The van der Waals surface area contributed by atoms with Crippen LogP contribution < -0.4 is 5.32 Å². The minimum atomic E-state index is -3.38. The fourth-order valence-corrected chi connectivity index (χ4v) is 3.23. The van der Waals surface area contributed by atoms with Gasteiger partial charge in [-0.2, -0.15) is 19.1 Å². The molecule has 32 heavy (non-hydrogen) atoms. The summed E-state index contributed by atoms with van der Waals surface area (Å²) in [5.74, 6) is -4.65. The van der Waals surface area contributed by atoms with E-state index in [2.05, 4.69) is 28.0 Å². The van der Waals surface area contributed by atoms with Gasteiger partial charge in [-0.15, -0.1) is 0 Å². The number of nitrogens with zero attached hydrogens (tertiary/aromatic N) is 4. The maximum Gasteiger partial charge on any atom is 0.321 e. The van der Waals surface area contributed by atoms with E-state index in [1.807, 2.05) is 36.4 Å². The van der Waals surface area contributed by atoms with Gasteiger partial charge in [0.25, 0.3) is 5.91 Å². The van der Waals surface area contributed by atoms with Crippen molar-refractivity contribution in [1.82, 2.24) is 20.1 Å². The Morgan fingerprint density at radius 2 is 2.16 bits per heavy atom. The molecule has 1 N–H and O–H groups in total. The third-order valence-corrected chi connectivity index (χ3v) is 5.24. The summed E-state index contributed by atoms with van der Waals surface area (Å²) in [6.45, 7) is 6.26. The lowest BCUT2D eigenvalue weighted by Crippen LogP contribution is -2.44. The Balaban J connectivity index is 0.000000219. The molecule has 0 spiro atoms. The van der Waals surface area contributed by atoms with Crippen molar-refractivity contribution in [2.75, 3.05) is 0 Å². The van der Waals surface area contributed by atoms with E-state index in [1.165, 1.54) is 0 Å². The smallest absolute Gasteiger partial charge is 0.321 e. The van der Waals surface area contributed by atoms with Crippen LogP contribution >= 0.6 is 0 Å². The summed E-state index contributed by atoms with van der Waals surface area (Å²) in [6.07, 6.45) is 7.13. The number of nitriles is 1. The van der Waals surface area contributed by atoms with Crippen molar-refractivity contribution in [2.45, 2.75) is 50.6 Å². The molecule has 8 heteroatoms. The van der Waals surface area contributed by atoms with Crippen molar-refractivity contribution in [3.05, 3.63) is 66.6 Å². The molecule has 0 saturated heterocycles. The minimum absolute atomic E-state index is 0.221. The monoisotopic (exact) mass is 437 g/mol. The lowest BCUT2D eigenvalue weighted by atomic mass is 10.0. The van der Waals surface area contributed by atoms with E-state index in [0.29, 0.717) is 13.5 Å². The van der Waals surface area contributed by atoms with Crippen LogP contribution in [0.15, 0.2) is 55.4 Å². The molecule has 0 radical (unpaired) electrons. The molecular formula is C24H25F2N5O. The zero-order valence-electron chi connectivity index (χ0n) is 18.1. The third-order valence-electron chi connectivity index (χ3n) is 5.24. The summed E-state index contributed by atoms with van der Waals surface area (Å²) in [5, 5.41) is 16.3. The van der Waals surface area contributed by atoms with Gasteiger partial charge in [-0.3, -0.25) is 14.5 Å². The Morgan fingerprint density at radius 3 is 2.72 bits per heavy atom. The van der Waals surface area contributed by atoms with Gasteiger partial charge in [0.15, 0.2) is 0 Å². The summed E-state index contributed by atoms with van der Waals surface area (Å²) in [6, 6.07) is 13.3. The van der Waals surface area contributed by atoms with Gasteiger partial charge in [0, 0.05) is 24.5 Å². The Kier molecular flexibility index (Phi) is 6.68. The lowest BCUT2D eigenvalue weighted by Gasteiger charge is -2.17. The molecule has 0 aliphatic heterocycles. The van der Waals surface area contributed by atoms with E-state index < -0.39 is 17.9 Å². The molecule has 1 aliphatic rings. The molecule has 1 aromatic carbocycles. The first-order chi connectivity index (χ1) is 15.2. The zero-order valence-corrected chi connectivity index (χ0v) is 18.1. The van der Waals surface area contributed by atoms with Crippen LogP contribution in [0, 0.1) is 11.3 Å². The number of pyridine rings is 1. The molecule has 0 bridgehead atoms. The van der Waals surface area contributed by atoms with E-state index in [9.17, 15) is 13.6 Å². The second kappa shape index (κ2) is 9.27. The minimum Gasteiger partial charge on any atom is -0.347 e. The number of hydrogen-bond acceptors (Lipinski definition) is 4. The Hall–Kier alpha value is -3.60. The largest absolute Gasteiger partial charge is 0.347 e. The number of benzene rings is 1. The van der Waals surface area contributed by atoms with Gasteiger partial charge in [0.2, 0.25) is 0 Å². The Bertz CT molecular complexity index is 1140. The predicted molar refractivity (Wildman–Crippen MR) is 119 cm³/mol. The number of halogens is 2. The topological polar surface area (TPSA) is 83.6 Å². The molecule has 1 unspecified atom stereocenters. The fraction of sp³-hybridized carbons (Fsp3) is 0.333. The highest BCUT2D eigenvalue weighted by Crippen LogP contribution is 2.46. The van der Waals surface area contributed by atoms with E-state index >= 15 is 0 Å². The number of carbonyl (C=O) groups excluding carboxylic acids is 1. The Labute approximate surface area is 185 Å². The van der Waals surface area contributed by atoms with Gasteiger partial charge < -0.3 is 5.32 Å². The van der Waals surface area contributed by atoms with Crippen molar-refractivity contribution in [3.8, 4) is 6.07 Å². The maximum atomic E-state index is 12.8. The van der Waals surface area contributed by atoms with Gasteiger partial charge in [-0.1, -0.05) is 24.8 Å². The number of nitrogens with one attached hydrogen (secondary N) is 1. The van der Waals surface area contributed by atoms with E-state index in [-0.39, 0.29) is 5.41 Å². The van der Waals surface area contributed by atoms with Crippen LogP contribution in [0.1, 0.15) is 37.9 Å². The molecule has 6 nitrogen and oxygen atoms in total. The van der Waals surface area contributed by atoms with Crippen molar-refractivity contribution in [1.29, 1.82) is 5.26 Å². The van der Waals surface area contributed by atoms with Crippen molar-refractivity contribution in [3.63, 3.8) is 0 Å². The molecule has 166 valence electrons. The van der Waals surface area contributed by atoms with Crippen LogP contribution in [0.2, 0.25) is 0 Å². The number of rotatable bonds is 6. The maximum absolute atomic E-state index is 12.8. The van der Waals surface area contributed by atoms with Gasteiger partial charge in [-0.05, 0) is 49.6 Å². The SMILES string of the molecule is C=Cc1ccc2c(cnn2CC(C)NC(=O)C(C)(F)F)c1.N#CC1(c2ccccn2)CC1. The van der Waals surface area contributed by atoms with E-state index in [4.69, 9.17) is 5.26 Å². The highest BCUT2D eigenvalue weighted by molar-refractivity contribution is 5.83. The summed E-state index contributed by atoms with van der Waals surface area (Å²) >= 11 is 0. The van der Waals surface area contributed by atoms with Crippen LogP contribution in [-0.4, -0.2) is 32.6 Å². The predicted octanol–water partition coefficient (Wildman–Crippen LogP) is 4.48. The second-order valence-corrected chi connectivity index (χ2v) is 8.02. The molecule has 1 fully saturated rings. The lowest BCUT2D eigenvalue weighted by molar-refractivity contribution is -0.143. The number of fused-ring (bicyclic) bond motifs is 1. The van der Waals surface area contributed by atoms with Crippen molar-refractivity contribution < 1.29 is 13.6 Å². The molecule has 1 saturated carbocycles. The molecule has 4 rings (SSSR count). The summed E-state index contributed by atoms with van der Waals surface area (Å²) in [7, 11) is 0. The van der Waals surface area contributed by atoms with Gasteiger partial charge in [0.1, 0.15) is 0 Å². The van der Waals surface area contributed by atoms with Gasteiger partial charge in [0.05, 0.1) is 35.4 Å². The molecule has 1 atom stereocenters. The quantitative estimate of drug-likeness (QED) is 0.617. The molecule has 2 aromatic heterocycles. The summed E-state index contributed by atoms with van der Waals surface area (Å²) < 4.78 is 27.4. The van der Waals surface area contributed by atoms with Crippen molar-refractivity contribution in [2.24, 2.45) is 0 Å². The molecule has 1 aliphatic carbocycles. The van der Waals surface area contributed by atoms with Crippen LogP contribution in [0.5, 0.6) is 0 Å². The highest BCUT2D eigenvalue weighted by Gasteiger charge is 2.46. The van der Waals surface area contributed by atoms with Gasteiger partial charge >= 0.3 is 5.92 Å². The number of alkyl halides is 2. The zero-order chi connectivity index (χ0) is 23.4. The van der Waals surface area contributed by atoms with Crippen LogP contribution in [-0.2, 0) is 16.8 Å². The van der Waals surface area contributed by atoms with E-state index in [1.54, 1.807) is 30.1 Å². The number of hydrogen-bond donors (Lipinski definition) is 1. The average Bonchev–Trinajstić information content (AvgIpc) is 3.49. The van der Waals surface area contributed by atoms with Crippen LogP contribution in [0.3, 0.4) is 0 Å². The van der Waals surface area contributed by atoms with Crippen LogP contribution in [0.4, 0.5) is 8.78 Å². The molecule has 1 amide bonds. The third kappa shape index (κ3) is 5.35. The normalized spacial score (nSPS) is 15.1. The first kappa shape index (κ1) is 23.1. The first-order valence-corrected chi connectivity index (χ1v) is 10.3.